The fourth-order valence-electron chi connectivity index (χ4n) is 3.39. The SMILES string of the molecule is CCNS(=O)(=O)c1cccc(C(=O)N2CCN(S(=O)(=O)c3cc(C)sc3C)CC2)c1. The smallest absolute Gasteiger partial charge is 0.253 e. The molecule has 30 heavy (non-hydrogen) atoms. The maximum atomic E-state index is 12.9. The fourth-order valence-corrected chi connectivity index (χ4v) is 7.42. The van der Waals surface area contributed by atoms with E-state index >= 15 is 0 Å². The van der Waals surface area contributed by atoms with Gasteiger partial charge in [0.25, 0.3) is 5.91 Å². The number of thiophene rings is 1. The first-order valence-electron chi connectivity index (χ1n) is 9.52. The number of piperazine rings is 1. The highest BCUT2D eigenvalue weighted by atomic mass is 32.2. The molecule has 3 rings (SSSR count). The molecule has 11 heteroatoms. The van der Waals surface area contributed by atoms with Crippen LogP contribution in [-0.4, -0.2) is 64.7 Å². The Bertz CT molecular complexity index is 1150. The topological polar surface area (TPSA) is 104 Å². The van der Waals surface area contributed by atoms with Gasteiger partial charge in [-0.25, -0.2) is 21.6 Å². The summed E-state index contributed by atoms with van der Waals surface area (Å²) in [6.07, 6.45) is 0. The van der Waals surface area contributed by atoms with E-state index in [1.807, 2.05) is 6.92 Å². The minimum absolute atomic E-state index is 0.0275. The lowest BCUT2D eigenvalue weighted by Gasteiger charge is -2.34. The molecule has 2 heterocycles. The zero-order valence-corrected chi connectivity index (χ0v) is 19.5. The van der Waals surface area contributed by atoms with Crippen LogP contribution in [0.3, 0.4) is 0 Å². The van der Waals surface area contributed by atoms with Gasteiger partial charge in [0.1, 0.15) is 0 Å². The van der Waals surface area contributed by atoms with Crippen molar-refractivity contribution in [3.8, 4) is 0 Å². The van der Waals surface area contributed by atoms with Gasteiger partial charge in [-0.2, -0.15) is 4.31 Å². The van der Waals surface area contributed by atoms with E-state index in [1.165, 1.54) is 33.8 Å². The van der Waals surface area contributed by atoms with Gasteiger partial charge in [0, 0.05) is 48.0 Å². The van der Waals surface area contributed by atoms with Crippen molar-refractivity contribution >= 4 is 37.3 Å². The monoisotopic (exact) mass is 471 g/mol. The second-order valence-corrected chi connectivity index (χ2v) is 12.1. The van der Waals surface area contributed by atoms with Crippen LogP contribution in [0.4, 0.5) is 0 Å². The number of sulfonamides is 2. The first-order chi connectivity index (χ1) is 14.1. The first kappa shape index (κ1) is 22.9. The van der Waals surface area contributed by atoms with Gasteiger partial charge in [0.2, 0.25) is 20.0 Å². The van der Waals surface area contributed by atoms with E-state index in [4.69, 9.17) is 0 Å². The molecule has 1 aromatic carbocycles. The van der Waals surface area contributed by atoms with E-state index in [9.17, 15) is 21.6 Å². The Morgan fingerprint density at radius 1 is 1.07 bits per heavy atom. The van der Waals surface area contributed by atoms with Crippen LogP contribution in [0.5, 0.6) is 0 Å². The van der Waals surface area contributed by atoms with Gasteiger partial charge in [-0.1, -0.05) is 13.0 Å². The summed E-state index contributed by atoms with van der Waals surface area (Å²) in [4.78, 5) is 16.5. The molecule has 0 spiro atoms. The van der Waals surface area contributed by atoms with Crippen LogP contribution in [0.15, 0.2) is 40.1 Å². The number of hydrogen-bond donors (Lipinski definition) is 1. The Hall–Kier alpha value is -1.79. The predicted molar refractivity (Wildman–Crippen MR) is 116 cm³/mol. The van der Waals surface area contributed by atoms with Gasteiger partial charge in [-0.3, -0.25) is 4.79 Å². The molecule has 1 saturated heterocycles. The molecule has 0 unspecified atom stereocenters. The minimum Gasteiger partial charge on any atom is -0.336 e. The van der Waals surface area contributed by atoms with Crippen molar-refractivity contribution in [1.29, 1.82) is 0 Å². The van der Waals surface area contributed by atoms with Gasteiger partial charge in [0.15, 0.2) is 0 Å². The van der Waals surface area contributed by atoms with Crippen molar-refractivity contribution in [1.82, 2.24) is 13.9 Å². The fraction of sp³-hybridized carbons (Fsp3) is 0.421. The molecular weight excluding hydrogens is 446 g/mol. The normalized spacial score (nSPS) is 16.0. The molecule has 1 amide bonds. The number of amides is 1. The van der Waals surface area contributed by atoms with Crippen LogP contribution in [0.2, 0.25) is 0 Å². The summed E-state index contributed by atoms with van der Waals surface area (Å²) in [5.41, 5.74) is 0.259. The highest BCUT2D eigenvalue weighted by molar-refractivity contribution is 7.89. The number of aryl methyl sites for hydroxylation is 2. The van der Waals surface area contributed by atoms with E-state index in [0.717, 1.165) is 9.75 Å². The van der Waals surface area contributed by atoms with E-state index < -0.39 is 20.0 Å². The predicted octanol–water partition coefficient (Wildman–Crippen LogP) is 1.81. The third kappa shape index (κ3) is 4.59. The molecule has 1 aliphatic heterocycles. The lowest BCUT2D eigenvalue weighted by Crippen LogP contribution is -2.50. The molecule has 2 aromatic rings. The summed E-state index contributed by atoms with van der Waals surface area (Å²) in [6.45, 7) is 6.46. The number of carbonyl (C=O) groups excluding carboxylic acids is 1. The van der Waals surface area contributed by atoms with Crippen molar-refractivity contribution in [2.75, 3.05) is 32.7 Å². The molecule has 1 fully saturated rings. The lowest BCUT2D eigenvalue weighted by molar-refractivity contribution is 0.0697. The number of hydrogen-bond acceptors (Lipinski definition) is 6. The van der Waals surface area contributed by atoms with Gasteiger partial charge in [0.05, 0.1) is 9.79 Å². The van der Waals surface area contributed by atoms with Crippen LogP contribution < -0.4 is 4.72 Å². The molecule has 164 valence electrons. The Morgan fingerprint density at radius 2 is 1.73 bits per heavy atom. The van der Waals surface area contributed by atoms with Crippen LogP contribution in [0.1, 0.15) is 27.0 Å². The number of carbonyl (C=O) groups is 1. The van der Waals surface area contributed by atoms with Crippen LogP contribution >= 0.6 is 11.3 Å². The van der Waals surface area contributed by atoms with Crippen molar-refractivity contribution < 1.29 is 21.6 Å². The summed E-state index contributed by atoms with van der Waals surface area (Å²) in [7, 11) is -7.27. The summed E-state index contributed by atoms with van der Waals surface area (Å²) in [5.74, 6) is -0.317. The van der Waals surface area contributed by atoms with Crippen molar-refractivity contribution in [2.45, 2.75) is 30.6 Å². The highest BCUT2D eigenvalue weighted by Crippen LogP contribution is 2.28. The summed E-state index contributed by atoms with van der Waals surface area (Å²) >= 11 is 1.44. The van der Waals surface area contributed by atoms with Gasteiger partial charge in [-0.15, -0.1) is 11.3 Å². The Morgan fingerprint density at radius 3 is 2.30 bits per heavy atom. The molecule has 8 nitrogen and oxygen atoms in total. The number of nitrogens with one attached hydrogen (secondary N) is 1. The summed E-state index contributed by atoms with van der Waals surface area (Å²) in [6, 6.07) is 7.56. The second kappa shape index (κ2) is 8.75. The molecule has 1 aliphatic rings. The third-order valence-electron chi connectivity index (χ3n) is 4.86. The average molecular weight is 472 g/mol. The quantitative estimate of drug-likeness (QED) is 0.692. The molecule has 0 saturated carbocycles. The summed E-state index contributed by atoms with van der Waals surface area (Å²) < 4.78 is 54.1. The first-order valence-corrected chi connectivity index (χ1v) is 13.3. The van der Waals surface area contributed by atoms with E-state index in [1.54, 1.807) is 30.9 Å². The third-order valence-corrected chi connectivity index (χ3v) is 9.53. The Kier molecular flexibility index (Phi) is 6.68. The molecule has 0 radical (unpaired) electrons. The zero-order valence-electron chi connectivity index (χ0n) is 17.1. The highest BCUT2D eigenvalue weighted by Gasteiger charge is 2.32. The van der Waals surface area contributed by atoms with E-state index in [2.05, 4.69) is 4.72 Å². The molecule has 0 aliphatic carbocycles. The van der Waals surface area contributed by atoms with Crippen LogP contribution in [-0.2, 0) is 20.0 Å². The molecule has 0 atom stereocenters. The number of benzene rings is 1. The van der Waals surface area contributed by atoms with Crippen molar-refractivity contribution in [3.63, 3.8) is 0 Å². The van der Waals surface area contributed by atoms with E-state index in [0.29, 0.717) is 4.90 Å². The second-order valence-electron chi connectivity index (χ2n) is 7.00. The molecule has 1 N–H and O–H groups in total. The van der Waals surface area contributed by atoms with Gasteiger partial charge >= 0.3 is 0 Å². The van der Waals surface area contributed by atoms with Crippen LogP contribution in [0.25, 0.3) is 0 Å². The molecular formula is C19H25N3O5S3. The van der Waals surface area contributed by atoms with Crippen molar-refractivity contribution in [3.05, 3.63) is 45.6 Å². The average Bonchev–Trinajstić information content (AvgIpc) is 3.06. The maximum Gasteiger partial charge on any atom is 0.253 e. The zero-order chi connectivity index (χ0) is 22.1. The van der Waals surface area contributed by atoms with Crippen LogP contribution in [0, 0.1) is 13.8 Å². The number of nitrogens with zero attached hydrogens (tertiary/aromatic N) is 2. The summed E-state index contributed by atoms with van der Waals surface area (Å²) in [5, 5.41) is 0. The lowest BCUT2D eigenvalue weighted by atomic mass is 10.2. The van der Waals surface area contributed by atoms with E-state index in [-0.39, 0.29) is 49.1 Å². The Balaban J connectivity index is 1.73. The van der Waals surface area contributed by atoms with Gasteiger partial charge in [-0.05, 0) is 38.1 Å². The molecule has 0 bridgehead atoms. The van der Waals surface area contributed by atoms with Gasteiger partial charge < -0.3 is 4.90 Å². The standard InChI is InChI=1S/C19H25N3O5S3/c1-4-20-29(24,25)17-7-5-6-16(13-17)19(23)21-8-10-22(11-9-21)30(26,27)18-12-14(2)28-15(18)3/h5-7,12-13,20H,4,8-11H2,1-3H3. The number of rotatable bonds is 6. The minimum atomic E-state index is -3.67. The van der Waals surface area contributed by atoms with Crippen molar-refractivity contribution in [2.24, 2.45) is 0 Å². The largest absolute Gasteiger partial charge is 0.336 e. The molecule has 1 aromatic heterocycles. The maximum absolute atomic E-state index is 12.9. The Labute approximate surface area is 181 Å².